The van der Waals surface area contributed by atoms with Gasteiger partial charge >= 0.3 is 5.69 Å². The van der Waals surface area contributed by atoms with E-state index in [-0.39, 0.29) is 6.71 Å². The first-order valence-electron chi connectivity index (χ1n) is 7.35. The molecule has 1 aromatic carbocycles. The molecule has 1 aliphatic heterocycles. The molecule has 1 saturated heterocycles. The van der Waals surface area contributed by atoms with E-state index < -0.39 is 17.1 Å². The summed E-state index contributed by atoms with van der Waals surface area (Å²) in [6.45, 7) is 1.74. The van der Waals surface area contributed by atoms with Crippen molar-refractivity contribution in [1.29, 1.82) is 5.26 Å². The molecular weight excluding hydrogens is 298 g/mol. The van der Waals surface area contributed by atoms with Gasteiger partial charge in [0, 0.05) is 24.7 Å². The molecule has 0 aliphatic carbocycles. The van der Waals surface area contributed by atoms with Crippen molar-refractivity contribution >= 4 is 12.4 Å². The van der Waals surface area contributed by atoms with Gasteiger partial charge in [-0.05, 0) is 36.9 Å². The molecule has 23 heavy (non-hydrogen) atoms. The number of aromatic nitrogens is 2. The van der Waals surface area contributed by atoms with E-state index in [4.69, 9.17) is 5.26 Å². The van der Waals surface area contributed by atoms with Gasteiger partial charge in [0.25, 0.3) is 12.3 Å². The summed E-state index contributed by atoms with van der Waals surface area (Å²) in [5, 5.41) is 8.92. The molecule has 8 heteroatoms. The van der Waals surface area contributed by atoms with E-state index in [1.54, 1.807) is 12.1 Å². The van der Waals surface area contributed by atoms with Crippen molar-refractivity contribution in [2.45, 2.75) is 12.6 Å². The number of anilines is 1. The van der Waals surface area contributed by atoms with Crippen LogP contribution >= 0.6 is 0 Å². The van der Waals surface area contributed by atoms with Gasteiger partial charge in [-0.3, -0.25) is 14.3 Å². The SMILES string of the molecule is N#CB1CCN(c2ccc(-n3cc(F)c(=O)[nH]c3=O)cc2)CC1. The molecule has 0 amide bonds. The Bertz CT molecular complexity index is 861. The third kappa shape index (κ3) is 3.04. The van der Waals surface area contributed by atoms with Crippen LogP contribution in [0.25, 0.3) is 5.69 Å². The molecule has 1 N–H and O–H groups in total. The van der Waals surface area contributed by atoms with E-state index >= 15 is 0 Å². The Hall–Kier alpha value is -2.82. The van der Waals surface area contributed by atoms with Gasteiger partial charge in [0.2, 0.25) is 5.82 Å². The molecule has 116 valence electrons. The Morgan fingerprint density at radius 3 is 2.35 bits per heavy atom. The molecule has 1 fully saturated rings. The number of hydrogen-bond acceptors (Lipinski definition) is 4. The minimum Gasteiger partial charge on any atom is -0.373 e. The van der Waals surface area contributed by atoms with Crippen LogP contribution in [0.1, 0.15) is 0 Å². The van der Waals surface area contributed by atoms with Crippen molar-refractivity contribution in [2.24, 2.45) is 0 Å². The van der Waals surface area contributed by atoms with Gasteiger partial charge in [-0.25, -0.2) is 10.1 Å². The smallest absolute Gasteiger partial charge is 0.333 e. The van der Waals surface area contributed by atoms with Gasteiger partial charge in [-0.15, -0.1) is 0 Å². The highest BCUT2D eigenvalue weighted by Gasteiger charge is 2.22. The van der Waals surface area contributed by atoms with E-state index in [1.165, 1.54) is 0 Å². The van der Waals surface area contributed by atoms with Crippen molar-refractivity contribution in [3.05, 3.63) is 57.1 Å². The second-order valence-corrected chi connectivity index (χ2v) is 5.51. The Morgan fingerprint density at radius 2 is 1.74 bits per heavy atom. The summed E-state index contributed by atoms with van der Waals surface area (Å²) in [6, 6.07) is 7.09. The Balaban J connectivity index is 1.83. The summed E-state index contributed by atoms with van der Waals surface area (Å²) in [5.74, 6) is 1.29. The number of hydrogen-bond donors (Lipinski definition) is 1. The van der Waals surface area contributed by atoms with Crippen LogP contribution in [0.15, 0.2) is 40.1 Å². The van der Waals surface area contributed by atoms with Crippen molar-refractivity contribution in [3.8, 4) is 11.7 Å². The van der Waals surface area contributed by atoms with Crippen molar-refractivity contribution in [2.75, 3.05) is 18.0 Å². The summed E-state index contributed by atoms with van der Waals surface area (Å²) >= 11 is 0. The average molecular weight is 312 g/mol. The number of nitriles is 1. The normalized spacial score (nSPS) is 14.6. The van der Waals surface area contributed by atoms with Crippen LogP contribution in [0.4, 0.5) is 10.1 Å². The van der Waals surface area contributed by atoms with Crippen LogP contribution in [0.2, 0.25) is 12.6 Å². The number of nitrogens with one attached hydrogen (secondary N) is 1. The maximum Gasteiger partial charge on any atom is 0.333 e. The van der Waals surface area contributed by atoms with E-state index in [1.807, 2.05) is 17.1 Å². The largest absolute Gasteiger partial charge is 0.373 e. The molecular formula is C15H14BFN4O2. The molecule has 2 aromatic rings. The monoisotopic (exact) mass is 312 g/mol. The summed E-state index contributed by atoms with van der Waals surface area (Å²) in [5.41, 5.74) is -0.244. The quantitative estimate of drug-likeness (QED) is 0.840. The molecule has 3 rings (SSSR count). The fourth-order valence-electron chi connectivity index (χ4n) is 2.73. The minimum atomic E-state index is -1.02. The molecule has 2 heterocycles. The molecule has 0 atom stereocenters. The van der Waals surface area contributed by atoms with Crippen LogP contribution in [0.5, 0.6) is 0 Å². The number of benzene rings is 1. The standard InChI is InChI=1S/C15H14BFN4O2/c17-13-9-21(15(23)19-14(13)22)12-3-1-11(2-4-12)20-7-5-16(10-18)6-8-20/h1-4,9H,5-8H2,(H,19,22,23). The van der Waals surface area contributed by atoms with Crippen LogP contribution in [-0.4, -0.2) is 29.4 Å². The molecule has 1 aliphatic rings. The highest BCUT2D eigenvalue weighted by molar-refractivity contribution is 6.67. The van der Waals surface area contributed by atoms with Gasteiger partial charge in [0.05, 0.1) is 11.9 Å². The van der Waals surface area contributed by atoms with Crippen LogP contribution in [-0.2, 0) is 0 Å². The van der Waals surface area contributed by atoms with Gasteiger partial charge in [-0.1, -0.05) is 0 Å². The zero-order valence-corrected chi connectivity index (χ0v) is 12.3. The van der Waals surface area contributed by atoms with Crippen LogP contribution < -0.4 is 16.1 Å². The first kappa shape index (κ1) is 15.1. The van der Waals surface area contributed by atoms with Gasteiger partial charge in [-0.2, -0.15) is 4.39 Å². The van der Waals surface area contributed by atoms with Crippen LogP contribution in [0, 0.1) is 17.0 Å². The molecule has 0 bridgehead atoms. The zero-order valence-electron chi connectivity index (χ0n) is 12.3. The molecule has 0 spiro atoms. The molecule has 0 saturated carbocycles. The zero-order chi connectivity index (χ0) is 16.4. The summed E-state index contributed by atoms with van der Waals surface area (Å²) < 4.78 is 14.4. The summed E-state index contributed by atoms with van der Waals surface area (Å²) in [4.78, 5) is 26.9. The van der Waals surface area contributed by atoms with Crippen molar-refractivity contribution in [1.82, 2.24) is 9.55 Å². The third-order valence-electron chi connectivity index (χ3n) is 4.07. The second kappa shape index (κ2) is 6.12. The Kier molecular flexibility index (Phi) is 4.02. The summed E-state index contributed by atoms with van der Waals surface area (Å²) in [6.07, 6.45) is 2.56. The number of rotatable bonds is 2. The van der Waals surface area contributed by atoms with E-state index in [0.29, 0.717) is 5.69 Å². The predicted octanol–water partition coefficient (Wildman–Crippen LogP) is 1.04. The fraction of sp³-hybridized carbons (Fsp3) is 0.267. The van der Waals surface area contributed by atoms with E-state index in [0.717, 1.165) is 42.2 Å². The number of halogens is 1. The average Bonchev–Trinajstić information content (AvgIpc) is 2.58. The number of H-pyrrole nitrogens is 1. The van der Waals surface area contributed by atoms with Gasteiger partial charge in [0.1, 0.15) is 0 Å². The fourth-order valence-corrected chi connectivity index (χ4v) is 2.73. The summed E-state index contributed by atoms with van der Waals surface area (Å²) in [7, 11) is 0. The first-order chi connectivity index (χ1) is 11.1. The maximum atomic E-state index is 13.3. The second-order valence-electron chi connectivity index (χ2n) is 5.51. The van der Waals surface area contributed by atoms with E-state index in [2.05, 4.69) is 10.9 Å². The lowest BCUT2D eigenvalue weighted by atomic mass is 9.45. The predicted molar refractivity (Wildman–Crippen MR) is 85.8 cm³/mol. The molecule has 0 unspecified atom stereocenters. The van der Waals surface area contributed by atoms with Crippen molar-refractivity contribution < 1.29 is 4.39 Å². The Labute approximate surface area is 131 Å². The topological polar surface area (TPSA) is 81.9 Å². The molecule has 0 radical (unpaired) electrons. The number of nitrogens with zero attached hydrogens (tertiary/aromatic N) is 3. The van der Waals surface area contributed by atoms with Crippen LogP contribution in [0.3, 0.4) is 0 Å². The van der Waals surface area contributed by atoms with Gasteiger partial charge in [0.15, 0.2) is 0 Å². The lowest BCUT2D eigenvalue weighted by molar-refractivity contribution is 0.587. The number of aromatic amines is 1. The van der Waals surface area contributed by atoms with E-state index in [9.17, 15) is 14.0 Å². The third-order valence-corrected chi connectivity index (χ3v) is 4.07. The highest BCUT2D eigenvalue weighted by Crippen LogP contribution is 2.21. The minimum absolute atomic E-state index is 0.119. The van der Waals surface area contributed by atoms with Gasteiger partial charge < -0.3 is 4.90 Å². The first-order valence-corrected chi connectivity index (χ1v) is 7.35. The lowest BCUT2D eigenvalue weighted by Crippen LogP contribution is -2.36. The van der Waals surface area contributed by atoms with Crippen molar-refractivity contribution in [3.63, 3.8) is 0 Å². The Morgan fingerprint density at radius 1 is 1.13 bits per heavy atom. The molecule has 1 aromatic heterocycles. The lowest BCUT2D eigenvalue weighted by Gasteiger charge is -2.30. The maximum absolute atomic E-state index is 13.3. The molecule has 6 nitrogen and oxygen atoms in total. The highest BCUT2D eigenvalue weighted by atomic mass is 19.1.